The summed E-state index contributed by atoms with van der Waals surface area (Å²) in [4.78, 5) is 50.5. The van der Waals surface area contributed by atoms with Crippen molar-refractivity contribution in [2.45, 2.75) is 76.3 Å². The Bertz CT molecular complexity index is 1710. The lowest BCUT2D eigenvalue weighted by molar-refractivity contribution is -0.385. The summed E-state index contributed by atoms with van der Waals surface area (Å²) in [7, 11) is 0. The number of hydrogen-bond acceptors (Lipinski definition) is 10. The third-order valence-corrected chi connectivity index (χ3v) is 9.30. The second-order valence-electron chi connectivity index (χ2n) is 12.2. The van der Waals surface area contributed by atoms with Gasteiger partial charge >= 0.3 is 0 Å². The number of rotatable bonds is 8. The SMILES string of the molecule is O=C1c2oc(NC3CCCCC3)c(-c3ccc([N+](=O)[O-])cc3)c2C(=O)c2oc(NC3CCCCC3)c(-c3ccc([N+](=O)[O-])cc3)c21. The molecule has 3 aliphatic rings. The predicted molar refractivity (Wildman–Crippen MR) is 169 cm³/mol. The molecule has 3 aliphatic carbocycles. The van der Waals surface area contributed by atoms with Crippen LogP contribution in [0.3, 0.4) is 0 Å². The van der Waals surface area contributed by atoms with Crippen molar-refractivity contribution in [2.24, 2.45) is 0 Å². The molecule has 0 bridgehead atoms. The van der Waals surface area contributed by atoms with Gasteiger partial charge in [-0.1, -0.05) is 38.5 Å². The van der Waals surface area contributed by atoms with Crippen LogP contribution in [0.25, 0.3) is 22.3 Å². The summed E-state index contributed by atoms with van der Waals surface area (Å²) in [6.07, 6.45) is 9.98. The van der Waals surface area contributed by atoms with Crippen LogP contribution < -0.4 is 10.6 Å². The van der Waals surface area contributed by atoms with Gasteiger partial charge in [-0.25, -0.2) is 0 Å². The molecule has 2 fully saturated rings. The zero-order chi connectivity index (χ0) is 31.9. The van der Waals surface area contributed by atoms with Crippen molar-refractivity contribution >= 4 is 34.7 Å². The van der Waals surface area contributed by atoms with E-state index in [0.29, 0.717) is 22.3 Å². The normalized spacial score (nSPS) is 17.0. The quantitative estimate of drug-likeness (QED) is 0.126. The molecular weight excluding hydrogens is 592 g/mol. The number of benzene rings is 2. The van der Waals surface area contributed by atoms with E-state index in [0.717, 1.165) is 64.2 Å². The Morgan fingerprint density at radius 3 is 1.22 bits per heavy atom. The molecule has 0 unspecified atom stereocenters. The third kappa shape index (κ3) is 5.23. The minimum absolute atomic E-state index is 0.0397. The summed E-state index contributed by atoms with van der Waals surface area (Å²) in [5, 5.41) is 29.6. The number of nitro benzene ring substituents is 2. The maximum atomic E-state index is 14.4. The molecule has 0 aliphatic heterocycles. The lowest BCUT2D eigenvalue weighted by Crippen LogP contribution is -2.22. The molecule has 46 heavy (non-hydrogen) atoms. The highest BCUT2D eigenvalue weighted by atomic mass is 16.6. The molecule has 7 rings (SSSR count). The van der Waals surface area contributed by atoms with Crippen LogP contribution >= 0.6 is 0 Å². The van der Waals surface area contributed by atoms with E-state index in [2.05, 4.69) is 10.6 Å². The molecule has 12 nitrogen and oxygen atoms in total. The molecule has 0 spiro atoms. The van der Waals surface area contributed by atoms with Gasteiger partial charge in [0, 0.05) is 36.3 Å². The Morgan fingerprint density at radius 2 is 0.891 bits per heavy atom. The maximum Gasteiger partial charge on any atom is 0.269 e. The summed E-state index contributed by atoms with van der Waals surface area (Å²) in [6.45, 7) is 0. The van der Waals surface area contributed by atoms with Gasteiger partial charge in [0.1, 0.15) is 0 Å². The molecule has 2 aromatic carbocycles. The van der Waals surface area contributed by atoms with Crippen LogP contribution in [0.1, 0.15) is 96.4 Å². The lowest BCUT2D eigenvalue weighted by atomic mass is 9.86. The number of nitrogens with one attached hydrogen (secondary N) is 2. The number of nitrogens with zero attached hydrogens (tertiary/aromatic N) is 2. The zero-order valence-electron chi connectivity index (χ0n) is 25.0. The summed E-state index contributed by atoms with van der Waals surface area (Å²) in [5.74, 6) is -0.851. The average Bonchev–Trinajstić information content (AvgIpc) is 3.64. The molecule has 2 N–H and O–H groups in total. The summed E-state index contributed by atoms with van der Waals surface area (Å²) in [5.41, 5.74) is 1.55. The van der Waals surface area contributed by atoms with Crippen molar-refractivity contribution in [3.63, 3.8) is 0 Å². The minimum atomic E-state index is -0.543. The van der Waals surface area contributed by atoms with Gasteiger partial charge in [0.05, 0.1) is 32.1 Å². The summed E-state index contributed by atoms with van der Waals surface area (Å²) < 4.78 is 12.5. The van der Waals surface area contributed by atoms with Crippen LogP contribution in [0.4, 0.5) is 23.1 Å². The van der Waals surface area contributed by atoms with E-state index in [4.69, 9.17) is 8.83 Å². The Morgan fingerprint density at radius 1 is 0.543 bits per heavy atom. The van der Waals surface area contributed by atoms with Crippen LogP contribution in [0.5, 0.6) is 0 Å². The highest BCUT2D eigenvalue weighted by Crippen LogP contribution is 2.48. The molecule has 2 saturated carbocycles. The van der Waals surface area contributed by atoms with E-state index >= 15 is 0 Å². The second-order valence-corrected chi connectivity index (χ2v) is 12.2. The van der Waals surface area contributed by atoms with Crippen molar-refractivity contribution in [1.29, 1.82) is 0 Å². The monoisotopic (exact) mass is 624 g/mol. The number of carbonyl (C=O) groups is 2. The van der Waals surface area contributed by atoms with Crippen molar-refractivity contribution in [1.82, 2.24) is 0 Å². The first-order valence-corrected chi connectivity index (χ1v) is 15.8. The van der Waals surface area contributed by atoms with Crippen LogP contribution in [0.2, 0.25) is 0 Å². The number of non-ortho nitro benzene ring substituents is 2. The second kappa shape index (κ2) is 11.9. The summed E-state index contributed by atoms with van der Waals surface area (Å²) >= 11 is 0. The van der Waals surface area contributed by atoms with Crippen LogP contribution in [-0.2, 0) is 0 Å². The number of anilines is 2. The van der Waals surface area contributed by atoms with Crippen LogP contribution in [0.15, 0.2) is 57.4 Å². The van der Waals surface area contributed by atoms with Crippen molar-refractivity contribution in [3.05, 3.63) is 91.4 Å². The van der Waals surface area contributed by atoms with Crippen molar-refractivity contribution in [2.75, 3.05) is 10.6 Å². The molecule has 2 aromatic heterocycles. The minimum Gasteiger partial charge on any atom is -0.436 e. The molecule has 0 radical (unpaired) electrons. The van der Waals surface area contributed by atoms with E-state index < -0.39 is 21.4 Å². The molecule has 0 amide bonds. The molecule has 236 valence electrons. The van der Waals surface area contributed by atoms with Gasteiger partial charge in [0.15, 0.2) is 11.5 Å². The highest BCUT2D eigenvalue weighted by molar-refractivity contribution is 6.31. The molecular formula is C34H32N4O8. The Labute approximate surface area is 263 Å². The molecule has 0 atom stereocenters. The number of hydrogen-bond donors (Lipinski definition) is 2. The molecule has 0 saturated heterocycles. The Hall–Kier alpha value is -5.26. The first kappa shape index (κ1) is 29.5. The number of carbonyl (C=O) groups excluding carboxylic acids is 2. The van der Waals surface area contributed by atoms with Gasteiger partial charge in [0.2, 0.25) is 23.3 Å². The number of furan rings is 2. The topological polar surface area (TPSA) is 171 Å². The van der Waals surface area contributed by atoms with Gasteiger partial charge in [-0.05, 0) is 61.1 Å². The average molecular weight is 625 g/mol. The van der Waals surface area contributed by atoms with E-state index in [9.17, 15) is 29.8 Å². The maximum absolute atomic E-state index is 14.4. The smallest absolute Gasteiger partial charge is 0.269 e. The highest BCUT2D eigenvalue weighted by Gasteiger charge is 2.44. The fraction of sp³-hybridized carbons (Fsp3) is 0.353. The van der Waals surface area contributed by atoms with Gasteiger partial charge in [-0.3, -0.25) is 29.8 Å². The molecule has 12 heteroatoms. The third-order valence-electron chi connectivity index (χ3n) is 9.30. The zero-order valence-corrected chi connectivity index (χ0v) is 25.0. The van der Waals surface area contributed by atoms with Crippen LogP contribution in [0, 0.1) is 20.2 Å². The largest absolute Gasteiger partial charge is 0.436 e. The van der Waals surface area contributed by atoms with E-state index in [1.165, 1.54) is 24.3 Å². The van der Waals surface area contributed by atoms with Gasteiger partial charge in [-0.15, -0.1) is 0 Å². The summed E-state index contributed by atoms with van der Waals surface area (Å²) in [6, 6.07) is 11.7. The predicted octanol–water partition coefficient (Wildman–Crippen LogP) is 8.29. The Kier molecular flexibility index (Phi) is 7.63. The first-order valence-electron chi connectivity index (χ1n) is 15.8. The van der Waals surface area contributed by atoms with Crippen molar-refractivity contribution < 1.29 is 28.3 Å². The van der Waals surface area contributed by atoms with Gasteiger partial charge in [-0.2, -0.15) is 0 Å². The van der Waals surface area contributed by atoms with Crippen molar-refractivity contribution in [3.8, 4) is 22.3 Å². The fourth-order valence-electron chi connectivity index (χ4n) is 6.96. The molecule has 4 aromatic rings. The fourth-order valence-corrected chi connectivity index (χ4v) is 6.96. The van der Waals surface area contributed by atoms with E-state index in [-0.39, 0.29) is 57.9 Å². The van der Waals surface area contributed by atoms with Gasteiger partial charge in [0.25, 0.3) is 11.4 Å². The first-order chi connectivity index (χ1) is 22.3. The number of ketones is 2. The van der Waals surface area contributed by atoms with Crippen LogP contribution in [-0.4, -0.2) is 33.5 Å². The number of nitro groups is 2. The lowest BCUT2D eigenvalue weighted by Gasteiger charge is -2.23. The molecule has 2 heterocycles. The van der Waals surface area contributed by atoms with Gasteiger partial charge < -0.3 is 19.5 Å². The number of fused-ring (bicyclic) bond motifs is 2. The van der Waals surface area contributed by atoms with E-state index in [1.807, 2.05) is 0 Å². The van der Waals surface area contributed by atoms with E-state index in [1.54, 1.807) is 24.3 Å². The standard InChI is InChI=1S/C34H32N4O8/c39-29-27-25(19-11-15-23(16-12-19)37(41)42)33(35-21-7-3-1-4-8-21)45-31(27)30(40)28-26(20-13-17-24(18-14-20)38(43)44)34(46-32(28)29)36-22-9-5-2-6-10-22/h11-18,21-22,35-36H,1-10H2. The Balaban J connectivity index is 1.38.